The Labute approximate surface area is 162 Å². The van der Waals surface area contributed by atoms with E-state index in [1.165, 1.54) is 6.33 Å². The predicted octanol–water partition coefficient (Wildman–Crippen LogP) is 2.49. The van der Waals surface area contributed by atoms with Gasteiger partial charge in [0.15, 0.2) is 0 Å². The van der Waals surface area contributed by atoms with Crippen molar-refractivity contribution in [3.63, 3.8) is 0 Å². The van der Waals surface area contributed by atoms with E-state index >= 15 is 0 Å². The third kappa shape index (κ3) is 4.05. The number of nitrogens with two attached hydrogens (primary N) is 1. The van der Waals surface area contributed by atoms with Crippen LogP contribution >= 0.6 is 0 Å². The van der Waals surface area contributed by atoms with E-state index in [9.17, 15) is 4.79 Å². The standard InChI is InChI=1S/C21H19N5O2/c22-11-17-10-20(26-13-25-17)28-18-5-1-3-16(9-18)21(27)24-12-14-7-15-4-2-6-23-19(15)8-14/h1-7,9-10,13H,8,11-12,22H2,(H,24,27). The molecule has 0 fully saturated rings. The molecule has 1 aliphatic carbocycles. The molecule has 2 aromatic heterocycles. The van der Waals surface area contributed by atoms with E-state index in [-0.39, 0.29) is 5.91 Å². The maximum Gasteiger partial charge on any atom is 0.251 e. The average Bonchev–Trinajstić information content (AvgIpc) is 3.15. The van der Waals surface area contributed by atoms with Gasteiger partial charge in [-0.1, -0.05) is 18.2 Å². The van der Waals surface area contributed by atoms with Crippen molar-refractivity contribution in [3.8, 4) is 11.6 Å². The van der Waals surface area contributed by atoms with E-state index < -0.39 is 0 Å². The van der Waals surface area contributed by atoms with Gasteiger partial charge in [0, 0.05) is 37.3 Å². The summed E-state index contributed by atoms with van der Waals surface area (Å²) < 4.78 is 5.73. The fourth-order valence-electron chi connectivity index (χ4n) is 2.99. The van der Waals surface area contributed by atoms with Gasteiger partial charge in [-0.05, 0) is 35.4 Å². The number of hydrogen-bond acceptors (Lipinski definition) is 6. The number of nitrogens with one attached hydrogen (secondary N) is 1. The molecule has 0 saturated carbocycles. The number of pyridine rings is 1. The van der Waals surface area contributed by atoms with Gasteiger partial charge in [0.25, 0.3) is 5.91 Å². The van der Waals surface area contributed by atoms with Crippen LogP contribution in [-0.4, -0.2) is 27.4 Å². The number of benzene rings is 1. The summed E-state index contributed by atoms with van der Waals surface area (Å²) >= 11 is 0. The van der Waals surface area contributed by atoms with Gasteiger partial charge in [-0.15, -0.1) is 0 Å². The Bertz CT molecular complexity index is 1050. The highest BCUT2D eigenvalue weighted by Crippen LogP contribution is 2.23. The molecule has 4 rings (SSSR count). The molecule has 0 spiro atoms. The molecular weight excluding hydrogens is 354 g/mol. The van der Waals surface area contributed by atoms with E-state index in [4.69, 9.17) is 10.5 Å². The molecule has 0 unspecified atom stereocenters. The predicted molar refractivity (Wildman–Crippen MR) is 105 cm³/mol. The first-order valence-corrected chi connectivity index (χ1v) is 8.92. The van der Waals surface area contributed by atoms with Gasteiger partial charge in [0.1, 0.15) is 12.1 Å². The number of rotatable bonds is 6. The summed E-state index contributed by atoms with van der Waals surface area (Å²) in [7, 11) is 0. The highest BCUT2D eigenvalue weighted by molar-refractivity contribution is 5.94. The lowest BCUT2D eigenvalue weighted by molar-refractivity contribution is 0.0956. The van der Waals surface area contributed by atoms with Crippen LogP contribution in [0.2, 0.25) is 0 Å². The number of carbonyl (C=O) groups is 1. The zero-order valence-corrected chi connectivity index (χ0v) is 15.1. The molecule has 140 valence electrons. The van der Waals surface area contributed by atoms with Crippen LogP contribution in [0.15, 0.2) is 60.6 Å². The Hall–Kier alpha value is -3.58. The van der Waals surface area contributed by atoms with Gasteiger partial charge in [0.2, 0.25) is 5.88 Å². The Kier molecular flexibility index (Phi) is 5.07. The monoisotopic (exact) mass is 373 g/mol. The van der Waals surface area contributed by atoms with E-state index in [1.54, 1.807) is 36.5 Å². The van der Waals surface area contributed by atoms with Crippen molar-refractivity contribution >= 4 is 12.0 Å². The largest absolute Gasteiger partial charge is 0.439 e. The molecule has 1 amide bonds. The number of hydrogen-bond donors (Lipinski definition) is 2. The van der Waals surface area contributed by atoms with E-state index in [2.05, 4.69) is 26.3 Å². The summed E-state index contributed by atoms with van der Waals surface area (Å²) in [6.45, 7) is 0.780. The van der Waals surface area contributed by atoms with Crippen LogP contribution in [-0.2, 0) is 13.0 Å². The second-order valence-corrected chi connectivity index (χ2v) is 6.38. The molecule has 1 aromatic carbocycles. The minimum atomic E-state index is -0.166. The molecule has 7 heteroatoms. The molecule has 3 N–H and O–H groups in total. The van der Waals surface area contributed by atoms with Crippen molar-refractivity contribution in [2.24, 2.45) is 5.73 Å². The number of amides is 1. The Balaban J connectivity index is 1.39. The minimum Gasteiger partial charge on any atom is -0.439 e. The van der Waals surface area contributed by atoms with E-state index in [1.807, 2.05) is 12.1 Å². The highest BCUT2D eigenvalue weighted by Gasteiger charge is 2.14. The van der Waals surface area contributed by atoms with Crippen molar-refractivity contribution in [1.29, 1.82) is 0 Å². The van der Waals surface area contributed by atoms with E-state index in [0.29, 0.717) is 36.0 Å². The van der Waals surface area contributed by atoms with Gasteiger partial charge in [-0.2, -0.15) is 0 Å². The molecule has 0 radical (unpaired) electrons. The number of ether oxygens (including phenoxy) is 1. The van der Waals surface area contributed by atoms with Crippen molar-refractivity contribution in [1.82, 2.24) is 20.3 Å². The van der Waals surface area contributed by atoms with Gasteiger partial charge >= 0.3 is 0 Å². The van der Waals surface area contributed by atoms with Crippen LogP contribution in [0.3, 0.4) is 0 Å². The summed E-state index contributed by atoms with van der Waals surface area (Å²) in [6, 6.07) is 12.6. The van der Waals surface area contributed by atoms with Crippen LogP contribution in [0, 0.1) is 0 Å². The Morgan fingerprint density at radius 1 is 1.14 bits per heavy atom. The third-order valence-electron chi connectivity index (χ3n) is 4.38. The molecule has 0 atom stereocenters. The molecule has 0 bridgehead atoms. The van der Waals surface area contributed by atoms with Gasteiger partial charge < -0.3 is 15.8 Å². The first-order chi connectivity index (χ1) is 13.7. The molecule has 3 aromatic rings. The summed E-state index contributed by atoms with van der Waals surface area (Å²) in [5.74, 6) is 0.737. The smallest absolute Gasteiger partial charge is 0.251 e. The van der Waals surface area contributed by atoms with Crippen LogP contribution < -0.4 is 15.8 Å². The van der Waals surface area contributed by atoms with Crippen LogP contribution in [0.5, 0.6) is 11.6 Å². The average molecular weight is 373 g/mol. The molecule has 2 heterocycles. The molecule has 0 saturated heterocycles. The third-order valence-corrected chi connectivity index (χ3v) is 4.38. The molecule has 0 aliphatic heterocycles. The lowest BCUT2D eigenvalue weighted by Crippen LogP contribution is -2.25. The molecule has 1 aliphatic rings. The first kappa shape index (κ1) is 17.8. The fraction of sp³-hybridized carbons (Fsp3) is 0.143. The molecular formula is C21H19N5O2. The number of carbonyl (C=O) groups excluding carboxylic acids is 1. The van der Waals surface area contributed by atoms with Crippen LogP contribution in [0.4, 0.5) is 0 Å². The topological polar surface area (TPSA) is 103 Å². The van der Waals surface area contributed by atoms with Crippen LogP contribution in [0.25, 0.3) is 6.08 Å². The van der Waals surface area contributed by atoms with E-state index in [0.717, 1.165) is 23.3 Å². The number of fused-ring (bicyclic) bond motifs is 1. The molecule has 7 nitrogen and oxygen atoms in total. The zero-order valence-electron chi connectivity index (χ0n) is 15.1. The summed E-state index contributed by atoms with van der Waals surface area (Å²) in [4.78, 5) is 25.0. The summed E-state index contributed by atoms with van der Waals surface area (Å²) in [5, 5.41) is 2.95. The first-order valence-electron chi connectivity index (χ1n) is 8.92. The van der Waals surface area contributed by atoms with Crippen molar-refractivity contribution in [3.05, 3.63) is 83.1 Å². The van der Waals surface area contributed by atoms with Gasteiger partial charge in [-0.25, -0.2) is 9.97 Å². The second-order valence-electron chi connectivity index (χ2n) is 6.38. The van der Waals surface area contributed by atoms with Crippen molar-refractivity contribution in [2.45, 2.75) is 13.0 Å². The maximum atomic E-state index is 12.5. The number of aromatic nitrogens is 3. The summed E-state index contributed by atoms with van der Waals surface area (Å²) in [6.07, 6.45) is 6.02. The van der Waals surface area contributed by atoms with Crippen molar-refractivity contribution < 1.29 is 9.53 Å². The Morgan fingerprint density at radius 2 is 2.07 bits per heavy atom. The van der Waals surface area contributed by atoms with Gasteiger partial charge in [-0.3, -0.25) is 9.78 Å². The quantitative estimate of drug-likeness (QED) is 0.688. The second kappa shape index (κ2) is 7.98. The van der Waals surface area contributed by atoms with Crippen molar-refractivity contribution in [2.75, 3.05) is 6.54 Å². The SMILES string of the molecule is NCc1cc(Oc2cccc(C(=O)NCC3=Cc4cccnc4C3)c2)ncn1. The Morgan fingerprint density at radius 3 is 2.93 bits per heavy atom. The summed E-state index contributed by atoms with van der Waals surface area (Å²) in [5.41, 5.74) is 10.1. The maximum absolute atomic E-state index is 12.5. The number of nitrogens with zero attached hydrogens (tertiary/aromatic N) is 3. The highest BCUT2D eigenvalue weighted by atomic mass is 16.5. The normalized spacial score (nSPS) is 12.2. The fourth-order valence-corrected chi connectivity index (χ4v) is 2.99. The van der Waals surface area contributed by atoms with Crippen LogP contribution in [0.1, 0.15) is 27.3 Å². The lowest BCUT2D eigenvalue weighted by Gasteiger charge is -2.09. The zero-order chi connectivity index (χ0) is 19.3. The lowest BCUT2D eigenvalue weighted by atomic mass is 10.2. The molecule has 28 heavy (non-hydrogen) atoms. The van der Waals surface area contributed by atoms with Gasteiger partial charge in [0.05, 0.1) is 11.4 Å². The minimum absolute atomic E-state index is 0.166.